The minimum atomic E-state index is -0.277. The molecule has 106 valence electrons. The van der Waals surface area contributed by atoms with Gasteiger partial charge < -0.3 is 10.6 Å². The summed E-state index contributed by atoms with van der Waals surface area (Å²) in [6, 6.07) is 7.50. The van der Waals surface area contributed by atoms with Crippen molar-refractivity contribution in [2.45, 2.75) is 13.0 Å². The number of aromatic nitrogens is 2. The van der Waals surface area contributed by atoms with Crippen LogP contribution in [0.5, 0.6) is 0 Å². The van der Waals surface area contributed by atoms with Crippen molar-refractivity contribution < 1.29 is 4.79 Å². The van der Waals surface area contributed by atoms with Crippen molar-refractivity contribution in [3.63, 3.8) is 0 Å². The van der Waals surface area contributed by atoms with Crippen molar-refractivity contribution in [1.29, 1.82) is 0 Å². The molecule has 0 aliphatic rings. The maximum Gasteiger partial charge on any atom is 0.316 e. The summed E-state index contributed by atoms with van der Waals surface area (Å²) in [5.41, 5.74) is 2.99. The zero-order valence-electron chi connectivity index (χ0n) is 11.7. The Labute approximate surface area is 123 Å². The lowest BCUT2D eigenvalue weighted by Gasteiger charge is -2.15. The first-order valence-corrected chi connectivity index (χ1v) is 6.54. The number of benzene rings is 1. The fourth-order valence-electron chi connectivity index (χ4n) is 1.87. The second-order valence-corrected chi connectivity index (χ2v) is 4.50. The van der Waals surface area contributed by atoms with Gasteiger partial charge in [-0.1, -0.05) is 30.2 Å². The fourth-order valence-corrected chi connectivity index (χ4v) is 1.87. The number of rotatable bonds is 4. The summed E-state index contributed by atoms with van der Waals surface area (Å²) in [6.45, 7) is 2.13. The molecule has 0 radical (unpaired) electrons. The SMILES string of the molecule is C#CCNC(=O)NC(C)c1ccc(-c2cncnc2)cc1. The molecule has 0 fully saturated rings. The van der Waals surface area contributed by atoms with Gasteiger partial charge in [-0.25, -0.2) is 14.8 Å². The smallest absolute Gasteiger partial charge is 0.316 e. The second kappa shape index (κ2) is 7.06. The van der Waals surface area contributed by atoms with Crippen LogP contribution in [0.3, 0.4) is 0 Å². The van der Waals surface area contributed by atoms with Gasteiger partial charge in [-0.3, -0.25) is 0 Å². The molecule has 2 N–H and O–H groups in total. The summed E-state index contributed by atoms with van der Waals surface area (Å²) in [4.78, 5) is 19.5. The Morgan fingerprint density at radius 2 is 1.90 bits per heavy atom. The Morgan fingerprint density at radius 3 is 2.52 bits per heavy atom. The molecule has 5 heteroatoms. The van der Waals surface area contributed by atoms with Gasteiger partial charge in [0.2, 0.25) is 0 Å². The molecule has 0 aliphatic carbocycles. The Morgan fingerprint density at radius 1 is 1.24 bits per heavy atom. The van der Waals surface area contributed by atoms with Crippen LogP contribution in [0.2, 0.25) is 0 Å². The first kappa shape index (κ1) is 14.5. The highest BCUT2D eigenvalue weighted by Crippen LogP contribution is 2.20. The van der Waals surface area contributed by atoms with E-state index in [4.69, 9.17) is 6.42 Å². The van der Waals surface area contributed by atoms with Crippen molar-refractivity contribution in [2.24, 2.45) is 0 Å². The standard InChI is InChI=1S/C16H16N4O/c1-3-8-19-16(21)20-12(2)13-4-6-14(7-5-13)15-9-17-11-18-10-15/h1,4-7,9-12H,8H2,2H3,(H2,19,20,21). The molecule has 2 amide bonds. The number of urea groups is 1. The van der Waals surface area contributed by atoms with E-state index in [0.29, 0.717) is 0 Å². The predicted molar refractivity (Wildman–Crippen MR) is 81.3 cm³/mol. The van der Waals surface area contributed by atoms with Crippen molar-refractivity contribution in [3.05, 3.63) is 48.5 Å². The van der Waals surface area contributed by atoms with Crippen molar-refractivity contribution >= 4 is 6.03 Å². The topological polar surface area (TPSA) is 66.9 Å². The molecule has 1 unspecified atom stereocenters. The van der Waals surface area contributed by atoms with E-state index in [0.717, 1.165) is 16.7 Å². The lowest BCUT2D eigenvalue weighted by atomic mass is 10.0. The number of hydrogen-bond acceptors (Lipinski definition) is 3. The number of nitrogens with one attached hydrogen (secondary N) is 2. The molecule has 0 aliphatic heterocycles. The minimum Gasteiger partial charge on any atom is -0.332 e. The van der Waals surface area contributed by atoms with Crippen molar-refractivity contribution in [3.8, 4) is 23.5 Å². The summed E-state index contributed by atoms with van der Waals surface area (Å²) < 4.78 is 0. The summed E-state index contributed by atoms with van der Waals surface area (Å²) in [7, 11) is 0. The molecule has 0 saturated heterocycles. The first-order valence-electron chi connectivity index (χ1n) is 6.54. The highest BCUT2D eigenvalue weighted by atomic mass is 16.2. The van der Waals surface area contributed by atoms with Gasteiger partial charge in [-0.2, -0.15) is 0 Å². The molecule has 0 spiro atoms. The van der Waals surface area contributed by atoms with Crippen LogP contribution in [0.4, 0.5) is 4.79 Å². The monoisotopic (exact) mass is 280 g/mol. The lowest BCUT2D eigenvalue weighted by molar-refractivity contribution is 0.239. The van der Waals surface area contributed by atoms with Crippen LogP contribution in [-0.2, 0) is 0 Å². The van der Waals surface area contributed by atoms with Crippen LogP contribution in [0.25, 0.3) is 11.1 Å². The van der Waals surface area contributed by atoms with Crippen molar-refractivity contribution in [1.82, 2.24) is 20.6 Å². The molecule has 0 saturated carbocycles. The molecular weight excluding hydrogens is 264 g/mol. The van der Waals surface area contributed by atoms with Gasteiger partial charge in [-0.05, 0) is 18.1 Å². The van der Waals surface area contributed by atoms with Gasteiger partial charge in [0, 0.05) is 18.0 Å². The lowest BCUT2D eigenvalue weighted by Crippen LogP contribution is -2.37. The molecule has 1 atom stereocenters. The largest absolute Gasteiger partial charge is 0.332 e. The molecule has 2 aromatic rings. The third-order valence-corrected chi connectivity index (χ3v) is 3.00. The summed E-state index contributed by atoms with van der Waals surface area (Å²) >= 11 is 0. The molecule has 5 nitrogen and oxygen atoms in total. The molecule has 21 heavy (non-hydrogen) atoms. The average molecular weight is 280 g/mol. The van der Waals surface area contributed by atoms with Gasteiger partial charge >= 0.3 is 6.03 Å². The molecule has 1 aromatic heterocycles. The number of carbonyl (C=O) groups excluding carboxylic acids is 1. The normalized spacial score (nSPS) is 11.2. The van der Waals surface area contributed by atoms with Crippen LogP contribution in [0.1, 0.15) is 18.5 Å². The predicted octanol–water partition coefficient (Wildman–Crippen LogP) is 2.14. The van der Waals surface area contributed by atoms with Crippen LogP contribution < -0.4 is 10.6 Å². The van der Waals surface area contributed by atoms with Crippen LogP contribution in [0.15, 0.2) is 43.0 Å². The van der Waals surface area contributed by atoms with E-state index in [2.05, 4.69) is 26.5 Å². The molecule has 2 rings (SSSR count). The molecule has 1 heterocycles. The third kappa shape index (κ3) is 4.05. The van der Waals surface area contributed by atoms with Gasteiger partial charge in [-0.15, -0.1) is 6.42 Å². The van der Waals surface area contributed by atoms with Gasteiger partial charge in [0.15, 0.2) is 0 Å². The Kier molecular flexibility index (Phi) is 4.89. The number of amides is 2. The van der Waals surface area contributed by atoms with E-state index >= 15 is 0 Å². The summed E-state index contributed by atoms with van der Waals surface area (Å²) in [5, 5.41) is 5.39. The Hall–Kier alpha value is -2.87. The van der Waals surface area contributed by atoms with E-state index in [1.807, 2.05) is 31.2 Å². The highest BCUT2D eigenvalue weighted by Gasteiger charge is 2.09. The van der Waals surface area contributed by atoms with Crippen LogP contribution >= 0.6 is 0 Å². The number of carbonyl (C=O) groups is 1. The number of hydrogen-bond donors (Lipinski definition) is 2. The van der Waals surface area contributed by atoms with E-state index in [1.54, 1.807) is 12.4 Å². The maximum absolute atomic E-state index is 11.5. The molecule has 0 bridgehead atoms. The second-order valence-electron chi connectivity index (χ2n) is 4.50. The number of terminal acetylenes is 1. The minimum absolute atomic E-state index is 0.108. The van der Waals surface area contributed by atoms with Gasteiger partial charge in [0.05, 0.1) is 12.6 Å². The summed E-state index contributed by atoms with van der Waals surface area (Å²) in [6.07, 6.45) is 10.1. The van der Waals surface area contributed by atoms with Crippen LogP contribution in [-0.4, -0.2) is 22.5 Å². The third-order valence-electron chi connectivity index (χ3n) is 3.00. The zero-order chi connectivity index (χ0) is 15.1. The first-order chi connectivity index (χ1) is 10.2. The molecule has 1 aromatic carbocycles. The maximum atomic E-state index is 11.5. The van der Waals surface area contributed by atoms with Crippen molar-refractivity contribution in [2.75, 3.05) is 6.54 Å². The van der Waals surface area contributed by atoms with E-state index in [9.17, 15) is 4.79 Å². The highest BCUT2D eigenvalue weighted by molar-refractivity contribution is 5.74. The average Bonchev–Trinajstić information content (AvgIpc) is 2.54. The summed E-state index contributed by atoms with van der Waals surface area (Å²) in [5.74, 6) is 2.35. The fraction of sp³-hybridized carbons (Fsp3) is 0.188. The van der Waals surface area contributed by atoms with Crippen LogP contribution in [0, 0.1) is 12.3 Å². The quantitative estimate of drug-likeness (QED) is 0.843. The van der Waals surface area contributed by atoms with Gasteiger partial charge in [0.1, 0.15) is 6.33 Å². The van der Waals surface area contributed by atoms with E-state index in [1.165, 1.54) is 6.33 Å². The van der Waals surface area contributed by atoms with E-state index in [-0.39, 0.29) is 18.6 Å². The number of nitrogens with zero attached hydrogens (tertiary/aromatic N) is 2. The Bertz CT molecular complexity index is 632. The molecular formula is C16H16N4O. The van der Waals surface area contributed by atoms with Gasteiger partial charge in [0.25, 0.3) is 0 Å². The van der Waals surface area contributed by atoms with E-state index < -0.39 is 0 Å². The Balaban J connectivity index is 2.02. The zero-order valence-corrected chi connectivity index (χ0v) is 11.7.